The second-order valence-corrected chi connectivity index (χ2v) is 11.4. The third kappa shape index (κ3) is 4.89. The maximum atomic E-state index is 13.2. The minimum atomic E-state index is -0.462. The Hall–Kier alpha value is -2.23. The van der Waals surface area contributed by atoms with E-state index in [9.17, 15) is 9.59 Å². The topological polar surface area (TPSA) is 84.0 Å². The van der Waals surface area contributed by atoms with Gasteiger partial charge in [0.15, 0.2) is 4.34 Å². The molecule has 2 N–H and O–H groups in total. The van der Waals surface area contributed by atoms with E-state index in [0.29, 0.717) is 9.47 Å². The summed E-state index contributed by atoms with van der Waals surface area (Å²) < 4.78 is 0.657. The van der Waals surface area contributed by atoms with Gasteiger partial charge >= 0.3 is 0 Å². The fourth-order valence-electron chi connectivity index (χ4n) is 4.33. The average molecular weight is 487 g/mol. The van der Waals surface area contributed by atoms with Gasteiger partial charge in [-0.05, 0) is 56.2 Å². The van der Waals surface area contributed by atoms with Gasteiger partial charge in [-0.25, -0.2) is 0 Å². The van der Waals surface area contributed by atoms with Crippen LogP contribution in [0.15, 0.2) is 34.0 Å². The van der Waals surface area contributed by atoms with E-state index in [2.05, 4.69) is 33.0 Å². The molecular formula is C23H26N4O2S3. The van der Waals surface area contributed by atoms with E-state index in [1.165, 1.54) is 28.7 Å². The van der Waals surface area contributed by atoms with Gasteiger partial charge < -0.3 is 5.32 Å². The number of aromatic nitrogens is 2. The van der Waals surface area contributed by atoms with Crippen LogP contribution in [0.4, 0.5) is 10.8 Å². The van der Waals surface area contributed by atoms with Crippen LogP contribution in [0.1, 0.15) is 47.3 Å². The third-order valence-electron chi connectivity index (χ3n) is 5.78. The number of nitrogens with zero attached hydrogens (tertiary/aromatic N) is 2. The van der Waals surface area contributed by atoms with Crippen LogP contribution in [-0.4, -0.2) is 27.8 Å². The van der Waals surface area contributed by atoms with Crippen molar-refractivity contribution in [1.29, 1.82) is 0 Å². The molecule has 0 spiro atoms. The highest BCUT2D eigenvalue weighted by Gasteiger charge is 2.43. The van der Waals surface area contributed by atoms with Crippen molar-refractivity contribution >= 4 is 57.1 Å². The van der Waals surface area contributed by atoms with Gasteiger partial charge in [-0.1, -0.05) is 59.7 Å². The number of thioether (sulfide) groups is 1. The summed E-state index contributed by atoms with van der Waals surface area (Å²) in [6.45, 7) is 6.04. The van der Waals surface area contributed by atoms with Crippen molar-refractivity contribution in [2.75, 3.05) is 16.4 Å². The van der Waals surface area contributed by atoms with Gasteiger partial charge in [0, 0.05) is 10.6 Å². The monoisotopic (exact) mass is 486 g/mol. The van der Waals surface area contributed by atoms with Crippen molar-refractivity contribution in [3.8, 4) is 0 Å². The molecule has 2 amide bonds. The summed E-state index contributed by atoms with van der Waals surface area (Å²) in [5.41, 5.74) is 3.68. The van der Waals surface area contributed by atoms with Gasteiger partial charge in [-0.3, -0.25) is 14.9 Å². The fraction of sp³-hybridized carbons (Fsp3) is 0.391. The molecular weight excluding hydrogens is 460 g/mol. The van der Waals surface area contributed by atoms with Crippen molar-refractivity contribution in [3.05, 3.63) is 51.2 Å². The first-order chi connectivity index (χ1) is 15.4. The van der Waals surface area contributed by atoms with E-state index in [-0.39, 0.29) is 17.6 Å². The second-order valence-electron chi connectivity index (χ2n) is 8.20. The lowest BCUT2D eigenvalue weighted by Crippen LogP contribution is -2.37. The van der Waals surface area contributed by atoms with E-state index in [0.717, 1.165) is 47.4 Å². The molecule has 2 aromatic heterocycles. The van der Waals surface area contributed by atoms with E-state index in [1.807, 2.05) is 38.3 Å². The predicted molar refractivity (Wildman–Crippen MR) is 133 cm³/mol. The van der Waals surface area contributed by atoms with Crippen LogP contribution in [0.5, 0.6) is 0 Å². The van der Waals surface area contributed by atoms with Crippen LogP contribution in [0, 0.1) is 20.8 Å². The van der Waals surface area contributed by atoms with Crippen molar-refractivity contribution in [1.82, 2.24) is 10.2 Å². The Labute approximate surface area is 200 Å². The predicted octanol–water partition coefficient (Wildman–Crippen LogP) is 5.71. The molecule has 168 valence electrons. The van der Waals surface area contributed by atoms with Crippen molar-refractivity contribution in [2.24, 2.45) is 0 Å². The molecule has 2 heterocycles. The van der Waals surface area contributed by atoms with Gasteiger partial charge in [0.25, 0.3) is 0 Å². The summed E-state index contributed by atoms with van der Waals surface area (Å²) in [5.74, 6) is 0.135. The Morgan fingerprint density at radius 3 is 2.47 bits per heavy atom. The number of hydrogen-bond acceptors (Lipinski definition) is 7. The van der Waals surface area contributed by atoms with Gasteiger partial charge in [-0.15, -0.1) is 21.5 Å². The Kier molecular flexibility index (Phi) is 6.97. The van der Waals surface area contributed by atoms with E-state index in [1.54, 1.807) is 11.3 Å². The van der Waals surface area contributed by atoms with Gasteiger partial charge in [0.1, 0.15) is 0 Å². The lowest BCUT2D eigenvalue weighted by Gasteiger charge is -2.25. The zero-order chi connectivity index (χ0) is 22.7. The molecule has 32 heavy (non-hydrogen) atoms. The van der Waals surface area contributed by atoms with Gasteiger partial charge in [0.2, 0.25) is 16.9 Å². The van der Waals surface area contributed by atoms with Crippen molar-refractivity contribution in [3.63, 3.8) is 0 Å². The van der Waals surface area contributed by atoms with Crippen LogP contribution < -0.4 is 10.6 Å². The Morgan fingerprint density at radius 1 is 1.09 bits per heavy atom. The molecule has 1 aromatic carbocycles. The molecule has 0 atom stereocenters. The minimum Gasteiger partial charge on any atom is -0.325 e. The SMILES string of the molecule is Cc1cc(C)c(NC(=O)CSc2nnc(NC(=O)C3(c4cccs4)CCCC3)s2)c(C)c1. The summed E-state index contributed by atoms with van der Waals surface area (Å²) in [7, 11) is 0. The van der Waals surface area contributed by atoms with Crippen LogP contribution in [-0.2, 0) is 15.0 Å². The zero-order valence-corrected chi connectivity index (χ0v) is 20.8. The van der Waals surface area contributed by atoms with E-state index >= 15 is 0 Å². The molecule has 6 nitrogen and oxygen atoms in total. The number of nitrogens with one attached hydrogen (secondary N) is 2. The van der Waals surface area contributed by atoms with Crippen molar-refractivity contribution < 1.29 is 9.59 Å². The first-order valence-electron chi connectivity index (χ1n) is 10.6. The number of rotatable bonds is 7. The Bertz CT molecular complexity index is 1100. The fourth-order valence-corrected chi connectivity index (χ4v) is 6.86. The summed E-state index contributed by atoms with van der Waals surface area (Å²) >= 11 is 4.26. The average Bonchev–Trinajstić information content (AvgIpc) is 3.51. The van der Waals surface area contributed by atoms with Gasteiger partial charge in [0.05, 0.1) is 11.2 Å². The normalized spacial score (nSPS) is 15.0. The van der Waals surface area contributed by atoms with Crippen LogP contribution in [0.2, 0.25) is 0 Å². The maximum absolute atomic E-state index is 13.2. The summed E-state index contributed by atoms with van der Waals surface area (Å²) in [5, 5.41) is 16.8. The molecule has 1 aliphatic rings. The molecule has 1 saturated carbocycles. The number of benzene rings is 1. The highest BCUT2D eigenvalue weighted by atomic mass is 32.2. The second kappa shape index (κ2) is 9.72. The van der Waals surface area contributed by atoms with E-state index in [4.69, 9.17) is 0 Å². The summed E-state index contributed by atoms with van der Waals surface area (Å²) in [6.07, 6.45) is 3.82. The largest absolute Gasteiger partial charge is 0.325 e. The molecule has 4 rings (SSSR count). The summed E-state index contributed by atoms with van der Waals surface area (Å²) in [4.78, 5) is 26.7. The quantitative estimate of drug-likeness (QED) is 0.330. The van der Waals surface area contributed by atoms with Crippen LogP contribution in [0.3, 0.4) is 0 Å². The number of carbonyl (C=O) groups is 2. The molecule has 0 saturated heterocycles. The molecule has 0 radical (unpaired) electrons. The molecule has 0 unspecified atom stereocenters. The van der Waals surface area contributed by atoms with Crippen LogP contribution in [0.25, 0.3) is 0 Å². The molecule has 0 bridgehead atoms. The lowest BCUT2D eigenvalue weighted by atomic mass is 9.83. The highest BCUT2D eigenvalue weighted by molar-refractivity contribution is 8.01. The van der Waals surface area contributed by atoms with Crippen molar-refractivity contribution in [2.45, 2.75) is 56.2 Å². The first kappa shape index (κ1) is 22.9. The molecule has 1 fully saturated rings. The molecule has 3 aromatic rings. The van der Waals surface area contributed by atoms with Crippen LogP contribution >= 0.6 is 34.4 Å². The number of hydrogen-bond donors (Lipinski definition) is 2. The third-order valence-corrected chi connectivity index (χ3v) is 8.83. The summed E-state index contributed by atoms with van der Waals surface area (Å²) in [6, 6.07) is 8.16. The molecule has 0 aliphatic heterocycles. The number of carbonyl (C=O) groups excluding carboxylic acids is 2. The Balaban J connectivity index is 1.35. The number of anilines is 2. The highest BCUT2D eigenvalue weighted by Crippen LogP contribution is 2.44. The van der Waals surface area contributed by atoms with Gasteiger partial charge in [-0.2, -0.15) is 0 Å². The lowest BCUT2D eigenvalue weighted by molar-refractivity contribution is -0.121. The molecule has 9 heteroatoms. The maximum Gasteiger partial charge on any atom is 0.237 e. The Morgan fingerprint density at radius 2 is 1.81 bits per heavy atom. The molecule has 1 aliphatic carbocycles. The standard InChI is InChI=1S/C23H26N4O2S3/c1-14-11-15(2)19(16(3)12-14)24-18(28)13-31-22-27-26-21(32-22)25-20(29)23(8-4-5-9-23)17-7-6-10-30-17/h6-7,10-12H,4-5,8-9,13H2,1-3H3,(H,24,28)(H,25,26,29). The first-order valence-corrected chi connectivity index (χ1v) is 13.2. The number of aryl methyl sites for hydroxylation is 3. The van der Waals surface area contributed by atoms with E-state index < -0.39 is 5.41 Å². The number of thiophene rings is 1. The smallest absolute Gasteiger partial charge is 0.237 e. The minimum absolute atomic E-state index is 0.00628. The number of amides is 2. The zero-order valence-electron chi connectivity index (χ0n) is 18.4.